The molecule has 0 saturated heterocycles. The summed E-state index contributed by atoms with van der Waals surface area (Å²) >= 11 is 5.72. The zero-order valence-corrected chi connectivity index (χ0v) is 9.70. The molecule has 0 aliphatic carbocycles. The molecule has 4 heteroatoms. The maximum atomic E-state index is 4.16. The van der Waals surface area contributed by atoms with E-state index < -0.39 is 0 Å². The summed E-state index contributed by atoms with van der Waals surface area (Å²) in [6, 6.07) is 4.09. The molecule has 0 atom stereocenters. The predicted molar refractivity (Wildman–Crippen MR) is 60.0 cm³/mol. The van der Waals surface area contributed by atoms with E-state index in [9.17, 15) is 0 Å². The lowest BCUT2D eigenvalue weighted by atomic mass is 10.2. The fourth-order valence-corrected chi connectivity index (χ4v) is 2.68. The van der Waals surface area contributed by atoms with Gasteiger partial charge in [0.15, 0.2) is 0 Å². The Morgan fingerprint density at radius 2 is 2.17 bits per heavy atom. The van der Waals surface area contributed by atoms with Crippen LogP contribution in [0.2, 0.25) is 0 Å². The van der Waals surface area contributed by atoms with Crippen molar-refractivity contribution in [2.24, 2.45) is 0 Å². The van der Waals surface area contributed by atoms with E-state index in [1.807, 2.05) is 12.3 Å². The highest BCUT2D eigenvalue weighted by Gasteiger charge is 2.00. The molecule has 0 bridgehead atoms. The van der Waals surface area contributed by atoms with Gasteiger partial charge in [0.05, 0.1) is 5.52 Å². The standard InChI is InChI=1S/C8H4BrIN2/c9-7-2-6(10)1-5-3-11-4-12-8(5)7/h1-4H. The van der Waals surface area contributed by atoms with Gasteiger partial charge in [-0.3, -0.25) is 0 Å². The molecule has 0 aliphatic rings. The number of rotatable bonds is 0. The van der Waals surface area contributed by atoms with Crippen LogP contribution >= 0.6 is 38.5 Å². The maximum absolute atomic E-state index is 4.16. The number of halogens is 2. The summed E-state index contributed by atoms with van der Waals surface area (Å²) in [6.45, 7) is 0. The smallest absolute Gasteiger partial charge is 0.116 e. The topological polar surface area (TPSA) is 25.8 Å². The van der Waals surface area contributed by atoms with Crippen LogP contribution in [0.3, 0.4) is 0 Å². The summed E-state index contributed by atoms with van der Waals surface area (Å²) in [4.78, 5) is 8.12. The minimum atomic E-state index is 0.963. The first-order valence-electron chi connectivity index (χ1n) is 3.32. The summed E-state index contributed by atoms with van der Waals surface area (Å²) in [5.41, 5.74) is 0.963. The molecular weight excluding hydrogens is 331 g/mol. The Bertz CT molecular complexity index is 430. The number of fused-ring (bicyclic) bond motifs is 1. The van der Waals surface area contributed by atoms with Crippen LogP contribution in [0, 0.1) is 3.57 Å². The van der Waals surface area contributed by atoms with Gasteiger partial charge in [0.1, 0.15) is 6.33 Å². The fraction of sp³-hybridized carbons (Fsp3) is 0. The van der Waals surface area contributed by atoms with E-state index in [4.69, 9.17) is 0 Å². The third kappa shape index (κ3) is 1.45. The van der Waals surface area contributed by atoms with Gasteiger partial charge in [-0.25, -0.2) is 9.97 Å². The first-order chi connectivity index (χ1) is 5.77. The molecule has 0 amide bonds. The van der Waals surface area contributed by atoms with Crippen LogP contribution in [0.15, 0.2) is 29.1 Å². The maximum Gasteiger partial charge on any atom is 0.116 e. The van der Waals surface area contributed by atoms with E-state index >= 15 is 0 Å². The van der Waals surface area contributed by atoms with Crippen molar-refractivity contribution in [3.05, 3.63) is 32.7 Å². The molecular formula is C8H4BrIN2. The number of hydrogen-bond donors (Lipinski definition) is 0. The van der Waals surface area contributed by atoms with Crippen molar-refractivity contribution in [1.82, 2.24) is 9.97 Å². The van der Waals surface area contributed by atoms with Crippen LogP contribution in [0.1, 0.15) is 0 Å². The van der Waals surface area contributed by atoms with E-state index in [0.717, 1.165) is 15.4 Å². The fourth-order valence-electron chi connectivity index (χ4n) is 1.03. The lowest BCUT2D eigenvalue weighted by Gasteiger charge is -1.98. The summed E-state index contributed by atoms with van der Waals surface area (Å²) < 4.78 is 2.20. The van der Waals surface area contributed by atoms with Gasteiger partial charge < -0.3 is 0 Å². The van der Waals surface area contributed by atoms with Gasteiger partial charge in [-0.15, -0.1) is 0 Å². The van der Waals surface area contributed by atoms with E-state index in [1.165, 1.54) is 3.57 Å². The highest BCUT2D eigenvalue weighted by atomic mass is 127. The molecule has 0 N–H and O–H groups in total. The van der Waals surface area contributed by atoms with Crippen molar-refractivity contribution >= 4 is 49.4 Å². The predicted octanol–water partition coefficient (Wildman–Crippen LogP) is 3.00. The van der Waals surface area contributed by atoms with Crippen LogP contribution in [-0.2, 0) is 0 Å². The molecule has 1 heterocycles. The van der Waals surface area contributed by atoms with Crippen molar-refractivity contribution in [3.8, 4) is 0 Å². The van der Waals surface area contributed by atoms with Gasteiger partial charge in [0.25, 0.3) is 0 Å². The summed E-state index contributed by atoms with van der Waals surface area (Å²) in [5, 5.41) is 1.07. The quantitative estimate of drug-likeness (QED) is 0.692. The van der Waals surface area contributed by atoms with E-state index in [2.05, 4.69) is 54.6 Å². The molecule has 0 aliphatic heterocycles. The zero-order chi connectivity index (χ0) is 8.55. The van der Waals surface area contributed by atoms with Crippen LogP contribution in [0.5, 0.6) is 0 Å². The molecule has 0 spiro atoms. The number of hydrogen-bond acceptors (Lipinski definition) is 2. The minimum Gasteiger partial charge on any atom is -0.244 e. The average molecular weight is 335 g/mol. The monoisotopic (exact) mass is 334 g/mol. The Morgan fingerprint density at radius 3 is 3.00 bits per heavy atom. The molecule has 12 heavy (non-hydrogen) atoms. The van der Waals surface area contributed by atoms with Crippen molar-refractivity contribution in [3.63, 3.8) is 0 Å². The van der Waals surface area contributed by atoms with Crippen LogP contribution in [0.4, 0.5) is 0 Å². The van der Waals surface area contributed by atoms with Crippen LogP contribution < -0.4 is 0 Å². The molecule has 2 nitrogen and oxygen atoms in total. The Kier molecular flexibility index (Phi) is 2.27. The molecule has 0 saturated carbocycles. The number of nitrogens with zero attached hydrogens (tertiary/aromatic N) is 2. The molecule has 60 valence electrons. The Labute approximate surface area is 91.7 Å². The summed E-state index contributed by atoms with van der Waals surface area (Å²) in [6.07, 6.45) is 3.37. The average Bonchev–Trinajstić information content (AvgIpc) is 2.04. The third-order valence-corrected chi connectivity index (χ3v) is 2.75. The number of aromatic nitrogens is 2. The molecule has 1 aromatic heterocycles. The molecule has 2 rings (SSSR count). The molecule has 2 aromatic rings. The van der Waals surface area contributed by atoms with Crippen molar-refractivity contribution in [2.45, 2.75) is 0 Å². The van der Waals surface area contributed by atoms with Crippen LogP contribution in [-0.4, -0.2) is 9.97 Å². The van der Waals surface area contributed by atoms with E-state index in [0.29, 0.717) is 0 Å². The Morgan fingerprint density at radius 1 is 1.33 bits per heavy atom. The van der Waals surface area contributed by atoms with Gasteiger partial charge in [0.2, 0.25) is 0 Å². The Hall–Kier alpha value is -0.230. The molecule has 0 fully saturated rings. The van der Waals surface area contributed by atoms with Gasteiger partial charge in [-0.05, 0) is 50.7 Å². The van der Waals surface area contributed by atoms with Gasteiger partial charge in [-0.2, -0.15) is 0 Å². The van der Waals surface area contributed by atoms with Gasteiger partial charge >= 0.3 is 0 Å². The van der Waals surface area contributed by atoms with Gasteiger partial charge in [0, 0.05) is 19.6 Å². The largest absolute Gasteiger partial charge is 0.244 e. The zero-order valence-electron chi connectivity index (χ0n) is 5.96. The van der Waals surface area contributed by atoms with Crippen molar-refractivity contribution < 1.29 is 0 Å². The SMILES string of the molecule is Brc1cc(I)cc2cncnc12. The highest BCUT2D eigenvalue weighted by Crippen LogP contribution is 2.23. The van der Waals surface area contributed by atoms with Crippen molar-refractivity contribution in [2.75, 3.05) is 0 Å². The molecule has 0 radical (unpaired) electrons. The minimum absolute atomic E-state index is 0.963. The molecule has 0 unspecified atom stereocenters. The summed E-state index contributed by atoms with van der Waals surface area (Å²) in [5.74, 6) is 0. The normalized spacial score (nSPS) is 10.5. The van der Waals surface area contributed by atoms with Crippen LogP contribution in [0.25, 0.3) is 10.9 Å². The third-order valence-electron chi connectivity index (χ3n) is 1.52. The van der Waals surface area contributed by atoms with Gasteiger partial charge in [-0.1, -0.05) is 0 Å². The summed E-state index contributed by atoms with van der Waals surface area (Å²) in [7, 11) is 0. The lowest BCUT2D eigenvalue weighted by Crippen LogP contribution is -1.83. The van der Waals surface area contributed by atoms with E-state index in [-0.39, 0.29) is 0 Å². The second kappa shape index (κ2) is 3.26. The lowest BCUT2D eigenvalue weighted by molar-refractivity contribution is 1.22. The second-order valence-electron chi connectivity index (χ2n) is 2.35. The molecule has 1 aromatic carbocycles. The van der Waals surface area contributed by atoms with E-state index in [1.54, 1.807) is 6.33 Å². The first-order valence-corrected chi connectivity index (χ1v) is 5.19. The Balaban J connectivity index is 2.89. The number of benzene rings is 1. The van der Waals surface area contributed by atoms with Crippen molar-refractivity contribution in [1.29, 1.82) is 0 Å². The first kappa shape index (κ1) is 8.37. The highest BCUT2D eigenvalue weighted by molar-refractivity contribution is 14.1. The second-order valence-corrected chi connectivity index (χ2v) is 4.45.